The van der Waals surface area contributed by atoms with Crippen LogP contribution in [-0.2, 0) is 17.8 Å². The van der Waals surface area contributed by atoms with Gasteiger partial charge in [0.05, 0.1) is 7.11 Å². The van der Waals surface area contributed by atoms with Gasteiger partial charge in [-0.2, -0.15) is 0 Å². The predicted octanol–water partition coefficient (Wildman–Crippen LogP) is 3.22. The van der Waals surface area contributed by atoms with Crippen LogP contribution >= 0.6 is 0 Å². The van der Waals surface area contributed by atoms with Gasteiger partial charge in [0.1, 0.15) is 17.4 Å². The molecule has 0 spiro atoms. The number of hydrogen-bond donors (Lipinski definition) is 1. The maximum Gasteiger partial charge on any atom is 0.220 e. The van der Waals surface area contributed by atoms with Crippen LogP contribution < -0.4 is 10.1 Å². The van der Waals surface area contributed by atoms with Gasteiger partial charge >= 0.3 is 0 Å². The molecule has 0 aliphatic carbocycles. The molecule has 2 rings (SSSR count). The molecule has 0 aromatic heterocycles. The van der Waals surface area contributed by atoms with E-state index in [2.05, 4.69) is 5.32 Å². The van der Waals surface area contributed by atoms with E-state index in [1.54, 1.807) is 12.1 Å². The minimum Gasteiger partial charge on any atom is -0.496 e. The molecule has 0 saturated carbocycles. The van der Waals surface area contributed by atoms with E-state index >= 15 is 0 Å². The summed E-state index contributed by atoms with van der Waals surface area (Å²) < 4.78 is 31.1. The molecule has 0 radical (unpaired) electrons. The van der Waals surface area contributed by atoms with Gasteiger partial charge in [0.25, 0.3) is 0 Å². The maximum atomic E-state index is 13.2. The highest BCUT2D eigenvalue weighted by Crippen LogP contribution is 2.19. The molecule has 116 valence electrons. The van der Waals surface area contributed by atoms with Crippen molar-refractivity contribution in [2.75, 3.05) is 7.11 Å². The third kappa shape index (κ3) is 4.55. The first-order chi connectivity index (χ1) is 10.6. The van der Waals surface area contributed by atoms with Crippen molar-refractivity contribution in [3.05, 3.63) is 65.2 Å². The number of benzene rings is 2. The largest absolute Gasteiger partial charge is 0.496 e. The second-order valence-electron chi connectivity index (χ2n) is 4.86. The van der Waals surface area contributed by atoms with Gasteiger partial charge in [-0.15, -0.1) is 0 Å². The summed E-state index contributed by atoms with van der Waals surface area (Å²) in [5.74, 6) is -0.307. The van der Waals surface area contributed by atoms with Crippen LogP contribution in [0.4, 0.5) is 8.78 Å². The first kappa shape index (κ1) is 15.9. The van der Waals surface area contributed by atoms with E-state index in [4.69, 9.17) is 4.74 Å². The second-order valence-corrected chi connectivity index (χ2v) is 4.86. The fourth-order valence-corrected chi connectivity index (χ4v) is 2.08. The van der Waals surface area contributed by atoms with Gasteiger partial charge in [0, 0.05) is 18.5 Å². The highest BCUT2D eigenvalue weighted by molar-refractivity contribution is 5.76. The second kappa shape index (κ2) is 7.54. The standard InChI is InChI=1S/C17H17F2NO2/c1-22-16-8-7-15(19)10-13(16)11-20-17(21)9-4-12-2-5-14(18)6-3-12/h2-3,5-8,10H,4,9,11H2,1H3,(H,20,21). The summed E-state index contributed by atoms with van der Waals surface area (Å²) in [6.07, 6.45) is 0.801. The lowest BCUT2D eigenvalue weighted by Gasteiger charge is -2.10. The van der Waals surface area contributed by atoms with Gasteiger partial charge in [-0.3, -0.25) is 4.79 Å². The van der Waals surface area contributed by atoms with E-state index in [1.807, 2.05) is 0 Å². The molecular weight excluding hydrogens is 288 g/mol. The van der Waals surface area contributed by atoms with Gasteiger partial charge < -0.3 is 10.1 Å². The van der Waals surface area contributed by atoms with E-state index in [0.29, 0.717) is 17.7 Å². The van der Waals surface area contributed by atoms with Gasteiger partial charge in [-0.25, -0.2) is 8.78 Å². The lowest BCUT2D eigenvalue weighted by Crippen LogP contribution is -2.23. The highest BCUT2D eigenvalue weighted by Gasteiger charge is 2.07. The molecular formula is C17H17F2NO2. The molecule has 1 amide bonds. The summed E-state index contributed by atoms with van der Waals surface area (Å²) in [6, 6.07) is 10.2. The quantitative estimate of drug-likeness (QED) is 0.890. The molecule has 2 aromatic carbocycles. The SMILES string of the molecule is COc1ccc(F)cc1CNC(=O)CCc1ccc(F)cc1. The topological polar surface area (TPSA) is 38.3 Å². The van der Waals surface area contributed by atoms with Gasteiger partial charge in [-0.1, -0.05) is 12.1 Å². The number of rotatable bonds is 6. The molecule has 0 aliphatic heterocycles. The number of aryl methyl sites for hydroxylation is 1. The Kier molecular flexibility index (Phi) is 5.47. The van der Waals surface area contributed by atoms with E-state index in [9.17, 15) is 13.6 Å². The fourth-order valence-electron chi connectivity index (χ4n) is 2.08. The van der Waals surface area contributed by atoms with Crippen LogP contribution in [0.15, 0.2) is 42.5 Å². The smallest absolute Gasteiger partial charge is 0.220 e. The lowest BCUT2D eigenvalue weighted by atomic mass is 10.1. The first-order valence-electron chi connectivity index (χ1n) is 6.92. The zero-order valence-electron chi connectivity index (χ0n) is 12.2. The molecule has 2 aromatic rings. The Morgan fingerprint density at radius 2 is 1.77 bits per heavy atom. The first-order valence-corrected chi connectivity index (χ1v) is 6.92. The summed E-state index contributed by atoms with van der Waals surface area (Å²) in [5, 5.41) is 2.72. The predicted molar refractivity (Wildman–Crippen MR) is 79.5 cm³/mol. The van der Waals surface area contributed by atoms with E-state index in [-0.39, 0.29) is 30.5 Å². The number of amides is 1. The van der Waals surface area contributed by atoms with E-state index < -0.39 is 0 Å². The summed E-state index contributed by atoms with van der Waals surface area (Å²) in [6.45, 7) is 0.198. The van der Waals surface area contributed by atoms with Crippen LogP contribution in [-0.4, -0.2) is 13.0 Å². The van der Waals surface area contributed by atoms with Crippen molar-refractivity contribution in [1.29, 1.82) is 0 Å². The van der Waals surface area contributed by atoms with Crippen molar-refractivity contribution < 1.29 is 18.3 Å². The maximum absolute atomic E-state index is 13.2. The van der Waals surface area contributed by atoms with Crippen molar-refractivity contribution in [3.8, 4) is 5.75 Å². The third-order valence-corrected chi connectivity index (χ3v) is 3.27. The Labute approximate surface area is 127 Å². The van der Waals surface area contributed by atoms with Crippen molar-refractivity contribution >= 4 is 5.91 Å². The van der Waals surface area contributed by atoms with Crippen LogP contribution in [0.2, 0.25) is 0 Å². The summed E-state index contributed by atoms with van der Waals surface area (Å²) in [4.78, 5) is 11.8. The third-order valence-electron chi connectivity index (χ3n) is 3.27. The molecule has 0 bridgehead atoms. The zero-order chi connectivity index (χ0) is 15.9. The minimum absolute atomic E-state index is 0.157. The van der Waals surface area contributed by atoms with Crippen LogP contribution in [0.5, 0.6) is 5.75 Å². The molecule has 0 fully saturated rings. The van der Waals surface area contributed by atoms with Crippen LogP contribution in [0.1, 0.15) is 17.5 Å². The van der Waals surface area contributed by atoms with Gasteiger partial charge in [0.2, 0.25) is 5.91 Å². The Morgan fingerprint density at radius 3 is 2.45 bits per heavy atom. The molecule has 0 aliphatic rings. The summed E-state index contributed by atoms with van der Waals surface area (Å²) >= 11 is 0. The van der Waals surface area contributed by atoms with Crippen LogP contribution in [0.25, 0.3) is 0 Å². The highest BCUT2D eigenvalue weighted by atomic mass is 19.1. The number of halogens is 2. The van der Waals surface area contributed by atoms with Gasteiger partial charge in [0.15, 0.2) is 0 Å². The van der Waals surface area contributed by atoms with Crippen LogP contribution in [0.3, 0.4) is 0 Å². The number of carbonyl (C=O) groups is 1. The molecule has 0 saturated heterocycles. The average Bonchev–Trinajstić information content (AvgIpc) is 2.52. The average molecular weight is 305 g/mol. The van der Waals surface area contributed by atoms with Crippen molar-refractivity contribution in [1.82, 2.24) is 5.32 Å². The minimum atomic E-state index is -0.378. The molecule has 0 unspecified atom stereocenters. The Morgan fingerprint density at radius 1 is 1.09 bits per heavy atom. The van der Waals surface area contributed by atoms with E-state index in [0.717, 1.165) is 5.56 Å². The molecule has 5 heteroatoms. The Balaban J connectivity index is 1.85. The molecule has 0 atom stereocenters. The molecule has 0 heterocycles. The molecule has 1 N–H and O–H groups in total. The van der Waals surface area contributed by atoms with Gasteiger partial charge in [-0.05, 0) is 42.3 Å². The Bertz CT molecular complexity index is 642. The summed E-state index contributed by atoms with van der Waals surface area (Å²) in [5.41, 5.74) is 1.47. The normalized spacial score (nSPS) is 10.3. The lowest BCUT2D eigenvalue weighted by molar-refractivity contribution is -0.121. The summed E-state index contributed by atoms with van der Waals surface area (Å²) in [7, 11) is 1.49. The van der Waals surface area contributed by atoms with Crippen molar-refractivity contribution in [3.63, 3.8) is 0 Å². The number of ether oxygens (including phenoxy) is 1. The molecule has 3 nitrogen and oxygen atoms in total. The van der Waals surface area contributed by atoms with Crippen molar-refractivity contribution in [2.45, 2.75) is 19.4 Å². The number of methoxy groups -OCH3 is 1. The number of carbonyl (C=O) groups excluding carboxylic acids is 1. The Hall–Kier alpha value is -2.43. The zero-order valence-corrected chi connectivity index (χ0v) is 12.2. The van der Waals surface area contributed by atoms with Crippen molar-refractivity contribution in [2.24, 2.45) is 0 Å². The van der Waals surface area contributed by atoms with E-state index in [1.165, 1.54) is 37.4 Å². The number of hydrogen-bond acceptors (Lipinski definition) is 2. The fraction of sp³-hybridized carbons (Fsp3) is 0.235. The van der Waals surface area contributed by atoms with Crippen LogP contribution in [0, 0.1) is 11.6 Å². The number of nitrogens with one attached hydrogen (secondary N) is 1. The molecule has 22 heavy (non-hydrogen) atoms. The monoisotopic (exact) mass is 305 g/mol.